The molecule has 0 amide bonds. The largest absolute Gasteiger partial charge is 0.354 e. The molecule has 0 atom stereocenters. The minimum Gasteiger partial charge on any atom is -0.354 e. The summed E-state index contributed by atoms with van der Waals surface area (Å²) in [5.41, 5.74) is 1.17. The Morgan fingerprint density at radius 2 is 1.85 bits per heavy atom. The zero-order valence-electron chi connectivity index (χ0n) is 11.5. The van der Waals surface area contributed by atoms with E-state index in [-0.39, 0.29) is 0 Å². The SMILES string of the molecule is c1ccc(CCN2CCN(c3ccncn3)CC2)nc1. The first-order valence-electron chi connectivity index (χ1n) is 7.05. The minimum absolute atomic E-state index is 1.02. The van der Waals surface area contributed by atoms with Gasteiger partial charge in [0.25, 0.3) is 0 Å². The highest BCUT2D eigenvalue weighted by atomic mass is 15.3. The lowest BCUT2D eigenvalue weighted by molar-refractivity contribution is 0.259. The summed E-state index contributed by atoms with van der Waals surface area (Å²) >= 11 is 0. The zero-order chi connectivity index (χ0) is 13.6. The summed E-state index contributed by atoms with van der Waals surface area (Å²) in [5, 5.41) is 0. The van der Waals surface area contributed by atoms with Crippen molar-refractivity contribution in [3.8, 4) is 0 Å². The van der Waals surface area contributed by atoms with E-state index in [0.717, 1.165) is 45.0 Å². The second kappa shape index (κ2) is 6.43. The molecule has 1 saturated heterocycles. The fraction of sp³-hybridized carbons (Fsp3) is 0.400. The third-order valence-electron chi connectivity index (χ3n) is 3.67. The Kier molecular flexibility index (Phi) is 4.18. The van der Waals surface area contributed by atoms with Gasteiger partial charge in [-0.1, -0.05) is 6.07 Å². The molecule has 2 aromatic heterocycles. The molecule has 0 N–H and O–H groups in total. The van der Waals surface area contributed by atoms with Crippen LogP contribution in [0.3, 0.4) is 0 Å². The fourth-order valence-corrected chi connectivity index (χ4v) is 2.49. The molecule has 3 rings (SSSR count). The van der Waals surface area contributed by atoms with Crippen LogP contribution in [0.5, 0.6) is 0 Å². The van der Waals surface area contributed by atoms with Crippen LogP contribution in [-0.2, 0) is 6.42 Å². The van der Waals surface area contributed by atoms with Crippen LogP contribution in [-0.4, -0.2) is 52.6 Å². The summed E-state index contributed by atoms with van der Waals surface area (Å²) < 4.78 is 0. The lowest BCUT2D eigenvalue weighted by Crippen LogP contribution is -2.47. The molecule has 1 aliphatic heterocycles. The molecule has 1 aliphatic rings. The number of hydrogen-bond acceptors (Lipinski definition) is 5. The predicted molar refractivity (Wildman–Crippen MR) is 78.6 cm³/mol. The first kappa shape index (κ1) is 13.0. The summed E-state index contributed by atoms with van der Waals surface area (Å²) in [6.45, 7) is 5.29. The molecule has 0 unspecified atom stereocenters. The Hall–Kier alpha value is -2.01. The van der Waals surface area contributed by atoms with E-state index in [1.165, 1.54) is 5.69 Å². The first-order valence-corrected chi connectivity index (χ1v) is 7.05. The number of anilines is 1. The van der Waals surface area contributed by atoms with Crippen molar-refractivity contribution in [3.05, 3.63) is 48.7 Å². The lowest BCUT2D eigenvalue weighted by atomic mass is 10.2. The second-order valence-corrected chi connectivity index (χ2v) is 4.97. The third-order valence-corrected chi connectivity index (χ3v) is 3.67. The summed E-state index contributed by atoms with van der Waals surface area (Å²) in [7, 11) is 0. The summed E-state index contributed by atoms with van der Waals surface area (Å²) in [5.74, 6) is 1.03. The molecule has 104 valence electrons. The molecule has 5 nitrogen and oxygen atoms in total. The fourth-order valence-electron chi connectivity index (χ4n) is 2.49. The van der Waals surface area contributed by atoms with Crippen molar-refractivity contribution in [2.45, 2.75) is 6.42 Å². The van der Waals surface area contributed by atoms with Crippen molar-refractivity contribution in [1.82, 2.24) is 19.9 Å². The Labute approximate surface area is 119 Å². The Balaban J connectivity index is 1.47. The van der Waals surface area contributed by atoms with Crippen LogP contribution in [0, 0.1) is 0 Å². The van der Waals surface area contributed by atoms with E-state index >= 15 is 0 Å². The standard InChI is InChI=1S/C15H19N5/c1-2-6-17-14(3-1)5-8-19-9-11-20(12-10-19)15-4-7-16-13-18-15/h1-4,6-7,13H,5,8-12H2. The van der Waals surface area contributed by atoms with Crippen molar-refractivity contribution >= 4 is 5.82 Å². The highest BCUT2D eigenvalue weighted by Gasteiger charge is 2.17. The number of hydrogen-bond donors (Lipinski definition) is 0. The van der Waals surface area contributed by atoms with Gasteiger partial charge < -0.3 is 4.90 Å². The van der Waals surface area contributed by atoms with Gasteiger partial charge in [-0.3, -0.25) is 9.88 Å². The quantitative estimate of drug-likeness (QED) is 0.835. The molecule has 0 radical (unpaired) electrons. The Bertz CT molecular complexity index is 508. The number of nitrogens with zero attached hydrogens (tertiary/aromatic N) is 5. The summed E-state index contributed by atoms with van der Waals surface area (Å²) in [6, 6.07) is 8.08. The molecule has 0 spiro atoms. The van der Waals surface area contributed by atoms with Crippen LogP contribution in [0.25, 0.3) is 0 Å². The summed E-state index contributed by atoms with van der Waals surface area (Å²) in [4.78, 5) is 17.5. The van der Waals surface area contributed by atoms with Crippen molar-refractivity contribution < 1.29 is 0 Å². The second-order valence-electron chi connectivity index (χ2n) is 4.97. The van der Waals surface area contributed by atoms with E-state index in [9.17, 15) is 0 Å². The van der Waals surface area contributed by atoms with Gasteiger partial charge in [-0.2, -0.15) is 0 Å². The minimum atomic E-state index is 1.02. The maximum atomic E-state index is 4.37. The van der Waals surface area contributed by atoms with Crippen LogP contribution < -0.4 is 4.90 Å². The van der Waals surface area contributed by atoms with Gasteiger partial charge >= 0.3 is 0 Å². The number of piperazine rings is 1. The maximum absolute atomic E-state index is 4.37. The molecular weight excluding hydrogens is 250 g/mol. The van der Waals surface area contributed by atoms with E-state index in [1.807, 2.05) is 18.3 Å². The first-order chi connectivity index (χ1) is 9.92. The monoisotopic (exact) mass is 269 g/mol. The van der Waals surface area contributed by atoms with E-state index < -0.39 is 0 Å². The third kappa shape index (κ3) is 3.30. The predicted octanol–water partition coefficient (Wildman–Crippen LogP) is 1.24. The van der Waals surface area contributed by atoms with Crippen molar-refractivity contribution in [1.29, 1.82) is 0 Å². The van der Waals surface area contributed by atoms with Crippen LogP contribution in [0.1, 0.15) is 5.69 Å². The highest BCUT2D eigenvalue weighted by Crippen LogP contribution is 2.12. The molecule has 0 saturated carbocycles. The zero-order valence-corrected chi connectivity index (χ0v) is 11.5. The topological polar surface area (TPSA) is 45.2 Å². The van der Waals surface area contributed by atoms with Crippen LogP contribution in [0.4, 0.5) is 5.82 Å². The van der Waals surface area contributed by atoms with Crippen molar-refractivity contribution in [2.75, 3.05) is 37.6 Å². The molecular formula is C15H19N5. The normalized spacial score (nSPS) is 16.3. The van der Waals surface area contributed by atoms with Gasteiger partial charge in [0.1, 0.15) is 12.1 Å². The Morgan fingerprint density at radius 3 is 2.55 bits per heavy atom. The average Bonchev–Trinajstić information content (AvgIpc) is 2.55. The van der Waals surface area contributed by atoms with Gasteiger partial charge in [0, 0.05) is 57.2 Å². The Morgan fingerprint density at radius 1 is 0.950 bits per heavy atom. The molecule has 2 aromatic rings. The van der Waals surface area contributed by atoms with Gasteiger partial charge in [0.2, 0.25) is 0 Å². The number of aromatic nitrogens is 3. The molecule has 20 heavy (non-hydrogen) atoms. The van der Waals surface area contributed by atoms with Crippen LogP contribution in [0.2, 0.25) is 0 Å². The van der Waals surface area contributed by atoms with Gasteiger partial charge in [0.05, 0.1) is 0 Å². The molecule has 0 bridgehead atoms. The maximum Gasteiger partial charge on any atom is 0.131 e. The van der Waals surface area contributed by atoms with Crippen molar-refractivity contribution in [3.63, 3.8) is 0 Å². The molecule has 5 heteroatoms. The van der Waals surface area contributed by atoms with Gasteiger partial charge in [-0.25, -0.2) is 9.97 Å². The van der Waals surface area contributed by atoms with E-state index in [0.29, 0.717) is 0 Å². The van der Waals surface area contributed by atoms with Gasteiger partial charge in [-0.05, 0) is 18.2 Å². The molecule has 0 aromatic carbocycles. The lowest BCUT2D eigenvalue weighted by Gasteiger charge is -2.35. The van der Waals surface area contributed by atoms with Crippen LogP contribution in [0.15, 0.2) is 43.0 Å². The number of rotatable bonds is 4. The number of pyridine rings is 1. The van der Waals surface area contributed by atoms with Crippen molar-refractivity contribution in [2.24, 2.45) is 0 Å². The van der Waals surface area contributed by atoms with E-state index in [1.54, 1.807) is 12.5 Å². The molecule has 3 heterocycles. The van der Waals surface area contributed by atoms with Gasteiger partial charge in [-0.15, -0.1) is 0 Å². The molecule has 1 fully saturated rings. The van der Waals surface area contributed by atoms with E-state index in [4.69, 9.17) is 0 Å². The summed E-state index contributed by atoms with van der Waals surface area (Å²) in [6.07, 6.45) is 6.30. The highest BCUT2D eigenvalue weighted by molar-refractivity contribution is 5.36. The smallest absolute Gasteiger partial charge is 0.131 e. The van der Waals surface area contributed by atoms with Crippen LogP contribution >= 0.6 is 0 Å². The average molecular weight is 269 g/mol. The van der Waals surface area contributed by atoms with Gasteiger partial charge in [0.15, 0.2) is 0 Å². The molecule has 0 aliphatic carbocycles. The van der Waals surface area contributed by atoms with E-state index in [2.05, 4.69) is 36.9 Å².